The number of hydrogen-bond donors (Lipinski definition) is 0. The highest BCUT2D eigenvalue weighted by Gasteiger charge is 2.18. The third-order valence-electron chi connectivity index (χ3n) is 8.92. The second kappa shape index (κ2) is 15.5. The molecule has 9 heteroatoms. The van der Waals surface area contributed by atoms with E-state index in [4.69, 9.17) is 0 Å². The fourth-order valence-corrected chi connectivity index (χ4v) is 6.77. The van der Waals surface area contributed by atoms with E-state index in [2.05, 4.69) is 110 Å². The molecule has 0 saturated heterocycles. The van der Waals surface area contributed by atoms with Crippen molar-refractivity contribution in [2.75, 3.05) is 16.1 Å². The highest BCUT2D eigenvalue weighted by molar-refractivity contribution is 7.90. The van der Waals surface area contributed by atoms with Crippen LogP contribution in [0.2, 0.25) is 0 Å². The molecule has 6 aromatic carbocycles. The van der Waals surface area contributed by atoms with Crippen molar-refractivity contribution in [3.63, 3.8) is 0 Å². The normalized spacial score (nSPS) is 11.7. The smallest absolute Gasteiger partial charge is 0.268 e. The Kier molecular flexibility index (Phi) is 9.84. The minimum absolute atomic E-state index is 0.190. The van der Waals surface area contributed by atoms with Crippen LogP contribution in [0.4, 0.5) is 34.1 Å². The Morgan fingerprint density at radius 1 is 0.473 bits per heavy atom. The SMILES string of the molecule is CS(=O)(=O)c1nc2nc(/C=C/c3ccc(N(c4ccccc4)c4ccccc4)cc3)cc(/C=C/c3ccc(N(c4ccccc4)c4ccccc4)cc3)n2n1. The predicted molar refractivity (Wildman–Crippen MR) is 224 cm³/mol. The highest BCUT2D eigenvalue weighted by atomic mass is 32.2. The number of rotatable bonds is 11. The van der Waals surface area contributed by atoms with Crippen LogP contribution >= 0.6 is 0 Å². The molecule has 8 aromatic rings. The minimum atomic E-state index is -3.66. The molecule has 0 amide bonds. The van der Waals surface area contributed by atoms with Crippen LogP contribution in [0.15, 0.2) is 181 Å². The quantitative estimate of drug-likeness (QED) is 0.131. The van der Waals surface area contributed by atoms with Gasteiger partial charge in [-0.15, -0.1) is 5.10 Å². The number of nitrogens with zero attached hydrogens (tertiary/aromatic N) is 6. The van der Waals surface area contributed by atoms with Crippen molar-refractivity contribution >= 4 is 74.0 Å². The molecule has 0 spiro atoms. The number of anilines is 6. The Morgan fingerprint density at radius 3 is 1.25 bits per heavy atom. The molecule has 8 nitrogen and oxygen atoms in total. The second-order valence-electron chi connectivity index (χ2n) is 12.8. The summed E-state index contributed by atoms with van der Waals surface area (Å²) in [6.07, 6.45) is 8.82. The van der Waals surface area contributed by atoms with Crippen molar-refractivity contribution in [1.82, 2.24) is 19.6 Å². The largest absolute Gasteiger partial charge is 0.311 e. The van der Waals surface area contributed by atoms with Gasteiger partial charge in [-0.1, -0.05) is 109 Å². The number of aromatic nitrogens is 4. The van der Waals surface area contributed by atoms with E-state index in [-0.39, 0.29) is 10.9 Å². The average Bonchev–Trinajstić information content (AvgIpc) is 3.68. The summed E-state index contributed by atoms with van der Waals surface area (Å²) in [5.41, 5.74) is 9.45. The van der Waals surface area contributed by atoms with Gasteiger partial charge in [0.2, 0.25) is 9.84 Å². The summed E-state index contributed by atoms with van der Waals surface area (Å²) >= 11 is 0. The molecule has 0 fully saturated rings. The van der Waals surface area contributed by atoms with Crippen molar-refractivity contribution in [1.29, 1.82) is 0 Å². The maximum Gasteiger partial charge on any atom is 0.268 e. The van der Waals surface area contributed by atoms with Gasteiger partial charge in [-0.2, -0.15) is 9.50 Å². The van der Waals surface area contributed by atoms with E-state index >= 15 is 0 Å². The molecule has 0 aliphatic carbocycles. The van der Waals surface area contributed by atoms with Crippen LogP contribution in [0.25, 0.3) is 30.1 Å². The first-order valence-corrected chi connectivity index (χ1v) is 19.6. The molecule has 2 heterocycles. The summed E-state index contributed by atoms with van der Waals surface area (Å²) < 4.78 is 26.3. The summed E-state index contributed by atoms with van der Waals surface area (Å²) in [6, 6.07) is 59.4. The lowest BCUT2D eigenvalue weighted by Gasteiger charge is -2.25. The van der Waals surface area contributed by atoms with Gasteiger partial charge in [-0.3, -0.25) is 0 Å². The second-order valence-corrected chi connectivity index (χ2v) is 14.8. The van der Waals surface area contributed by atoms with E-state index in [1.54, 1.807) is 0 Å². The van der Waals surface area contributed by atoms with E-state index in [0.717, 1.165) is 51.5 Å². The first-order chi connectivity index (χ1) is 26.9. The Hall–Kier alpha value is -7.10. The Balaban J connectivity index is 1.08. The molecule has 0 saturated carbocycles. The van der Waals surface area contributed by atoms with Gasteiger partial charge in [0.25, 0.3) is 10.9 Å². The van der Waals surface area contributed by atoms with Crippen molar-refractivity contribution in [3.8, 4) is 0 Å². The van der Waals surface area contributed by atoms with Crippen LogP contribution in [0.5, 0.6) is 0 Å². The van der Waals surface area contributed by atoms with Gasteiger partial charge in [0.05, 0.1) is 11.4 Å². The minimum Gasteiger partial charge on any atom is -0.311 e. The van der Waals surface area contributed by atoms with E-state index in [1.807, 2.05) is 115 Å². The Bertz CT molecular complexity index is 2620. The van der Waals surface area contributed by atoms with Crippen molar-refractivity contribution in [2.45, 2.75) is 5.16 Å². The lowest BCUT2D eigenvalue weighted by molar-refractivity contribution is 0.593. The van der Waals surface area contributed by atoms with Gasteiger partial charge in [0, 0.05) is 40.4 Å². The van der Waals surface area contributed by atoms with Crippen LogP contribution in [0, 0.1) is 0 Å². The first-order valence-electron chi connectivity index (χ1n) is 17.7. The molecule has 2 aromatic heterocycles. The summed E-state index contributed by atoms with van der Waals surface area (Å²) in [7, 11) is -3.66. The fourth-order valence-electron chi connectivity index (χ4n) is 6.29. The summed E-state index contributed by atoms with van der Waals surface area (Å²) in [6.45, 7) is 0. The van der Waals surface area contributed by atoms with Gasteiger partial charge < -0.3 is 9.80 Å². The Morgan fingerprint density at radius 2 is 0.855 bits per heavy atom. The Labute approximate surface area is 320 Å². The van der Waals surface area contributed by atoms with Crippen LogP contribution < -0.4 is 9.80 Å². The molecule has 8 rings (SSSR count). The average molecular weight is 737 g/mol. The fraction of sp³-hybridized carbons (Fsp3) is 0.0217. The van der Waals surface area contributed by atoms with E-state index in [0.29, 0.717) is 11.4 Å². The molecule has 0 bridgehead atoms. The number of hydrogen-bond acceptors (Lipinski definition) is 7. The molecule has 0 atom stereocenters. The number of benzene rings is 6. The third-order valence-corrected chi connectivity index (χ3v) is 9.76. The van der Waals surface area contributed by atoms with Crippen molar-refractivity contribution in [2.24, 2.45) is 0 Å². The van der Waals surface area contributed by atoms with E-state index < -0.39 is 9.84 Å². The number of para-hydroxylation sites is 4. The van der Waals surface area contributed by atoms with Crippen LogP contribution in [-0.2, 0) is 9.84 Å². The van der Waals surface area contributed by atoms with Gasteiger partial charge in [-0.25, -0.2) is 13.4 Å². The maximum absolute atomic E-state index is 12.4. The van der Waals surface area contributed by atoms with E-state index in [9.17, 15) is 8.42 Å². The van der Waals surface area contributed by atoms with Gasteiger partial charge in [0.1, 0.15) is 0 Å². The number of fused-ring (bicyclic) bond motifs is 1. The molecule has 0 unspecified atom stereocenters. The van der Waals surface area contributed by atoms with Crippen LogP contribution in [0.3, 0.4) is 0 Å². The van der Waals surface area contributed by atoms with Crippen molar-refractivity contribution < 1.29 is 8.42 Å². The van der Waals surface area contributed by atoms with Gasteiger partial charge >= 0.3 is 0 Å². The molecule has 0 aliphatic rings. The van der Waals surface area contributed by atoms with Crippen LogP contribution in [0.1, 0.15) is 22.5 Å². The third kappa shape index (κ3) is 7.97. The van der Waals surface area contributed by atoms with E-state index in [1.165, 1.54) is 4.52 Å². The topological polar surface area (TPSA) is 83.7 Å². The summed E-state index contributed by atoms with van der Waals surface area (Å²) in [4.78, 5) is 13.3. The molecule has 0 N–H and O–H groups in total. The highest BCUT2D eigenvalue weighted by Crippen LogP contribution is 2.35. The molecule has 0 radical (unpaired) electrons. The maximum atomic E-state index is 12.4. The number of sulfone groups is 1. The van der Waals surface area contributed by atoms with Gasteiger partial charge in [0.15, 0.2) is 0 Å². The zero-order valence-electron chi connectivity index (χ0n) is 30.0. The molecular formula is C46H36N6O2S. The lowest BCUT2D eigenvalue weighted by atomic mass is 10.1. The predicted octanol–water partition coefficient (Wildman–Crippen LogP) is 10.8. The molecule has 268 valence electrons. The zero-order chi connectivity index (χ0) is 37.6. The first kappa shape index (κ1) is 35.0. The van der Waals surface area contributed by atoms with Gasteiger partial charge in [-0.05, 0) is 102 Å². The lowest BCUT2D eigenvalue weighted by Crippen LogP contribution is -2.09. The summed E-state index contributed by atoms with van der Waals surface area (Å²) in [5.74, 6) is 0.190. The zero-order valence-corrected chi connectivity index (χ0v) is 30.8. The monoisotopic (exact) mass is 736 g/mol. The molecular weight excluding hydrogens is 701 g/mol. The molecule has 0 aliphatic heterocycles. The molecule has 55 heavy (non-hydrogen) atoms. The van der Waals surface area contributed by atoms with Crippen LogP contribution in [-0.4, -0.2) is 34.3 Å². The van der Waals surface area contributed by atoms with Crippen molar-refractivity contribution in [3.05, 3.63) is 198 Å². The summed E-state index contributed by atoms with van der Waals surface area (Å²) in [5, 5.41) is 4.03. The standard InChI is InChI=1S/C46H36N6O2S/c1-55(53,54)46-48-45-47-37(28-22-35-23-29-42(30-24-35)50(38-14-6-2-7-15-38)39-16-8-3-9-17-39)34-44(52(45)49-46)33-27-36-25-31-43(32-26-36)51(40-18-10-4-11-19-40)41-20-12-5-13-21-41/h2-34H,1H3/b28-22+,33-27+.